The predicted octanol–water partition coefficient (Wildman–Crippen LogP) is 6.96. The largest absolute Gasteiger partial charge is 0.416 e. The van der Waals surface area contributed by atoms with Crippen molar-refractivity contribution in [3.63, 3.8) is 0 Å². The number of nitrogens with zero attached hydrogens (tertiary/aromatic N) is 2. The third kappa shape index (κ3) is 7.55. The van der Waals surface area contributed by atoms with Gasteiger partial charge in [0.05, 0.1) is 22.3 Å². The van der Waals surface area contributed by atoms with Crippen LogP contribution in [-0.2, 0) is 11.0 Å². The van der Waals surface area contributed by atoms with Gasteiger partial charge in [-0.3, -0.25) is 19.4 Å². The number of nitrogens with one attached hydrogen (secondary N) is 3. The van der Waals surface area contributed by atoms with E-state index in [-0.39, 0.29) is 23.0 Å². The smallest absolute Gasteiger partial charge is 0.354 e. The summed E-state index contributed by atoms with van der Waals surface area (Å²) in [7, 11) is 0. The summed E-state index contributed by atoms with van der Waals surface area (Å²) in [4.78, 5) is 48.1. The number of halogens is 3. The quantitative estimate of drug-likeness (QED) is 0.145. The Balaban J connectivity index is 1.32. The van der Waals surface area contributed by atoms with Gasteiger partial charge in [0.25, 0.3) is 11.8 Å². The number of carbonyl (C=O) groups is 3. The van der Waals surface area contributed by atoms with Crippen molar-refractivity contribution in [1.29, 1.82) is 0 Å². The Bertz CT molecular complexity index is 1860. The highest BCUT2D eigenvalue weighted by atomic mass is 19.4. The third-order valence-electron chi connectivity index (χ3n) is 7.23. The number of aromatic nitrogens is 2. The Morgan fingerprint density at radius 2 is 1.61 bits per heavy atom. The molecule has 0 spiro atoms. The van der Waals surface area contributed by atoms with Gasteiger partial charge in [-0.05, 0) is 66.6 Å². The number of hydrogen-bond acceptors (Lipinski definition) is 5. The van der Waals surface area contributed by atoms with Crippen LogP contribution in [0.15, 0.2) is 103 Å². The molecular formula is C35H30F3N5O3. The van der Waals surface area contributed by atoms with E-state index in [1.165, 1.54) is 24.4 Å². The van der Waals surface area contributed by atoms with Gasteiger partial charge in [-0.2, -0.15) is 13.2 Å². The number of rotatable bonds is 10. The van der Waals surface area contributed by atoms with Crippen LogP contribution in [0.5, 0.6) is 0 Å². The molecule has 1 atom stereocenters. The molecule has 0 bridgehead atoms. The minimum atomic E-state index is -4.48. The highest BCUT2D eigenvalue weighted by molar-refractivity contribution is 6.08. The molecular weight excluding hydrogens is 595 g/mol. The fourth-order valence-corrected chi connectivity index (χ4v) is 4.81. The van der Waals surface area contributed by atoms with Crippen molar-refractivity contribution >= 4 is 34.4 Å². The molecule has 3 N–H and O–H groups in total. The van der Waals surface area contributed by atoms with Crippen LogP contribution >= 0.6 is 0 Å². The maximum Gasteiger partial charge on any atom is 0.416 e. The van der Waals surface area contributed by atoms with Gasteiger partial charge < -0.3 is 16.0 Å². The van der Waals surface area contributed by atoms with Crippen LogP contribution in [0.25, 0.3) is 22.2 Å². The van der Waals surface area contributed by atoms with Crippen LogP contribution in [0.1, 0.15) is 57.7 Å². The van der Waals surface area contributed by atoms with Crippen LogP contribution < -0.4 is 16.0 Å². The van der Waals surface area contributed by atoms with E-state index in [1.807, 2.05) is 13.0 Å². The zero-order valence-corrected chi connectivity index (χ0v) is 24.8. The van der Waals surface area contributed by atoms with Crippen LogP contribution in [0.2, 0.25) is 0 Å². The molecule has 0 aliphatic heterocycles. The van der Waals surface area contributed by atoms with Crippen LogP contribution in [0.3, 0.4) is 0 Å². The summed E-state index contributed by atoms with van der Waals surface area (Å²) in [6, 6.07) is 23.7. The number of amides is 3. The van der Waals surface area contributed by atoms with E-state index in [0.717, 1.165) is 25.0 Å². The number of alkyl halides is 3. The minimum Gasteiger partial charge on any atom is -0.354 e. The van der Waals surface area contributed by atoms with Crippen molar-refractivity contribution < 1.29 is 27.6 Å². The summed E-state index contributed by atoms with van der Waals surface area (Å²) < 4.78 is 39.0. The summed E-state index contributed by atoms with van der Waals surface area (Å²) in [5.74, 6) is -1.06. The first kappa shape index (κ1) is 31.8. The van der Waals surface area contributed by atoms with E-state index < -0.39 is 29.6 Å². The topological polar surface area (TPSA) is 113 Å². The molecule has 234 valence electrons. The maximum atomic E-state index is 13.3. The fraction of sp³-hybridized carbons (Fsp3) is 0.171. The Hall–Kier alpha value is -5.58. The molecule has 2 heterocycles. The van der Waals surface area contributed by atoms with Crippen molar-refractivity contribution in [1.82, 2.24) is 20.6 Å². The second-order valence-corrected chi connectivity index (χ2v) is 10.5. The van der Waals surface area contributed by atoms with Crippen LogP contribution in [0, 0.1) is 0 Å². The summed E-state index contributed by atoms with van der Waals surface area (Å²) >= 11 is 0. The molecule has 0 fully saturated rings. The summed E-state index contributed by atoms with van der Waals surface area (Å²) in [5, 5.41) is 9.06. The molecule has 5 rings (SSSR count). The first-order chi connectivity index (χ1) is 22.1. The Labute approximate surface area is 263 Å². The van der Waals surface area contributed by atoms with E-state index in [4.69, 9.17) is 0 Å². The minimum absolute atomic E-state index is 0.155. The van der Waals surface area contributed by atoms with E-state index in [0.29, 0.717) is 34.1 Å². The van der Waals surface area contributed by atoms with Crippen molar-refractivity contribution in [2.24, 2.45) is 0 Å². The van der Waals surface area contributed by atoms with Crippen molar-refractivity contribution in [3.8, 4) is 11.3 Å². The summed E-state index contributed by atoms with van der Waals surface area (Å²) in [6.45, 7) is 2.53. The third-order valence-corrected chi connectivity index (χ3v) is 7.23. The van der Waals surface area contributed by atoms with Gasteiger partial charge in [-0.25, -0.2) is 4.98 Å². The molecule has 8 nitrogen and oxygen atoms in total. The van der Waals surface area contributed by atoms with Crippen LogP contribution in [0.4, 0.5) is 19.0 Å². The maximum absolute atomic E-state index is 13.3. The zero-order valence-electron chi connectivity index (χ0n) is 24.8. The van der Waals surface area contributed by atoms with Crippen molar-refractivity contribution in [2.45, 2.75) is 32.0 Å². The van der Waals surface area contributed by atoms with Gasteiger partial charge in [0, 0.05) is 29.3 Å². The SMILES string of the molecule is CCCCNC(=O)[C@@H](NC(=O)c1ccc2nc(NC(=O)c3cccnc3-c3ccc(C(F)(F)F)cc3)ccc2c1)c1ccccc1. The molecule has 0 unspecified atom stereocenters. The van der Waals surface area contributed by atoms with Gasteiger partial charge in [0.1, 0.15) is 11.9 Å². The Morgan fingerprint density at radius 3 is 2.33 bits per heavy atom. The number of carbonyl (C=O) groups excluding carboxylic acids is 3. The lowest BCUT2D eigenvalue weighted by Gasteiger charge is -2.19. The second kappa shape index (κ2) is 14.0. The highest BCUT2D eigenvalue weighted by Gasteiger charge is 2.30. The summed E-state index contributed by atoms with van der Waals surface area (Å²) in [6.07, 6.45) is -1.28. The average molecular weight is 626 g/mol. The van der Waals surface area contributed by atoms with E-state index in [2.05, 4.69) is 25.9 Å². The van der Waals surface area contributed by atoms with E-state index in [1.54, 1.807) is 60.7 Å². The molecule has 11 heteroatoms. The zero-order chi connectivity index (χ0) is 32.7. The van der Waals surface area contributed by atoms with Gasteiger partial charge in [-0.1, -0.05) is 55.8 Å². The molecule has 5 aromatic rings. The monoisotopic (exact) mass is 625 g/mol. The normalized spacial score (nSPS) is 11.9. The first-order valence-electron chi connectivity index (χ1n) is 14.6. The number of hydrogen-bond donors (Lipinski definition) is 3. The molecule has 3 aromatic carbocycles. The molecule has 0 saturated carbocycles. The van der Waals surface area contributed by atoms with Gasteiger partial charge >= 0.3 is 6.18 Å². The molecule has 3 amide bonds. The lowest BCUT2D eigenvalue weighted by atomic mass is 10.0. The second-order valence-electron chi connectivity index (χ2n) is 10.5. The number of unbranched alkanes of at least 4 members (excludes halogenated alkanes) is 1. The number of benzene rings is 3. The molecule has 0 radical (unpaired) electrons. The van der Waals surface area contributed by atoms with E-state index in [9.17, 15) is 27.6 Å². The van der Waals surface area contributed by atoms with Gasteiger partial charge in [0.2, 0.25) is 5.91 Å². The first-order valence-corrected chi connectivity index (χ1v) is 14.6. The standard InChI is InChI=1S/C35H30F3N5O3/c1-2-3-19-40-34(46)31(22-8-5-4-6-9-22)43-32(44)25-13-17-28-24(21-25)14-18-29(41-28)42-33(45)27-10-7-20-39-30(27)23-11-15-26(16-12-23)35(36,37)38/h4-18,20-21,31H,2-3,19H2,1H3,(H,40,46)(H,43,44)(H,41,42,45)/t31-/m0/s1. The molecule has 0 aliphatic carbocycles. The molecule has 0 saturated heterocycles. The van der Waals surface area contributed by atoms with E-state index >= 15 is 0 Å². The van der Waals surface area contributed by atoms with Crippen molar-refractivity contribution in [2.75, 3.05) is 11.9 Å². The van der Waals surface area contributed by atoms with Crippen molar-refractivity contribution in [3.05, 3.63) is 126 Å². The highest BCUT2D eigenvalue weighted by Crippen LogP contribution is 2.31. The Kier molecular flexibility index (Phi) is 9.70. The number of fused-ring (bicyclic) bond motifs is 1. The fourth-order valence-electron chi connectivity index (χ4n) is 4.81. The van der Waals surface area contributed by atoms with Gasteiger partial charge in [-0.15, -0.1) is 0 Å². The number of anilines is 1. The lowest BCUT2D eigenvalue weighted by molar-refractivity contribution is -0.137. The Morgan fingerprint density at radius 1 is 0.848 bits per heavy atom. The molecule has 2 aromatic heterocycles. The molecule has 0 aliphatic rings. The molecule has 46 heavy (non-hydrogen) atoms. The van der Waals surface area contributed by atoms with Crippen LogP contribution in [-0.4, -0.2) is 34.2 Å². The van der Waals surface area contributed by atoms with Gasteiger partial charge in [0.15, 0.2) is 0 Å². The summed E-state index contributed by atoms with van der Waals surface area (Å²) in [5.41, 5.74) is 1.40. The predicted molar refractivity (Wildman–Crippen MR) is 169 cm³/mol. The lowest BCUT2D eigenvalue weighted by Crippen LogP contribution is -2.40. The number of pyridine rings is 2. The average Bonchev–Trinajstić information content (AvgIpc) is 3.07.